The molecule has 7 heteroatoms. The maximum atomic E-state index is 12.8. The molecule has 1 N–H and O–H groups in total. The number of carbonyl (C=O) groups excluding carboxylic acids is 1. The van der Waals surface area contributed by atoms with Gasteiger partial charge < -0.3 is 15.1 Å². The van der Waals surface area contributed by atoms with Crippen LogP contribution in [0.3, 0.4) is 0 Å². The summed E-state index contributed by atoms with van der Waals surface area (Å²) in [6, 6.07) is 10.7. The Morgan fingerprint density at radius 1 is 1.16 bits per heavy atom. The first-order valence-corrected chi connectivity index (χ1v) is 11.0. The average Bonchev–Trinajstić information content (AvgIpc) is 2.76. The van der Waals surface area contributed by atoms with Crippen LogP contribution in [0.2, 0.25) is 0 Å². The molecule has 0 unspecified atom stereocenters. The maximum absolute atomic E-state index is 12.8. The first-order valence-electron chi connectivity index (χ1n) is 11.0. The van der Waals surface area contributed by atoms with Crippen molar-refractivity contribution in [3.05, 3.63) is 57.6 Å². The standard InChI is InChI=1S/C24H32N4O3/c1-5-26(6-2)20-8-9-21(18(4)15-20)25-24(29)19-7-10-22(23(16-19)28(30)31)27-13-11-17(3)12-14-27/h7-10,15-17H,5-6,11-14H2,1-4H3,(H,25,29). The summed E-state index contributed by atoms with van der Waals surface area (Å²) in [4.78, 5) is 28.5. The second kappa shape index (κ2) is 9.81. The monoisotopic (exact) mass is 424 g/mol. The van der Waals surface area contributed by atoms with Crippen LogP contribution in [0.25, 0.3) is 0 Å². The summed E-state index contributed by atoms with van der Waals surface area (Å²) in [6.07, 6.45) is 2.03. The lowest BCUT2D eigenvalue weighted by Crippen LogP contribution is -2.33. The summed E-state index contributed by atoms with van der Waals surface area (Å²) in [5.41, 5.74) is 3.62. The Morgan fingerprint density at radius 3 is 2.42 bits per heavy atom. The van der Waals surface area contributed by atoms with E-state index in [0.717, 1.165) is 50.3 Å². The molecule has 1 amide bonds. The summed E-state index contributed by atoms with van der Waals surface area (Å²) < 4.78 is 0. The first-order chi connectivity index (χ1) is 14.8. The maximum Gasteiger partial charge on any atom is 0.293 e. The summed E-state index contributed by atoms with van der Waals surface area (Å²) in [6.45, 7) is 11.8. The second-order valence-electron chi connectivity index (χ2n) is 8.26. The zero-order valence-electron chi connectivity index (χ0n) is 18.9. The summed E-state index contributed by atoms with van der Waals surface area (Å²) >= 11 is 0. The van der Waals surface area contributed by atoms with Gasteiger partial charge in [0, 0.05) is 49.2 Å². The molecule has 2 aromatic rings. The number of piperidine rings is 1. The Hall–Kier alpha value is -3.09. The minimum Gasteiger partial charge on any atom is -0.372 e. The third-order valence-corrected chi connectivity index (χ3v) is 6.15. The lowest BCUT2D eigenvalue weighted by atomic mass is 9.98. The molecule has 0 bridgehead atoms. The molecule has 1 fully saturated rings. The Morgan fingerprint density at radius 2 is 1.84 bits per heavy atom. The van der Waals surface area contributed by atoms with Crippen molar-refractivity contribution in [2.24, 2.45) is 5.92 Å². The van der Waals surface area contributed by atoms with E-state index >= 15 is 0 Å². The Bertz CT molecular complexity index is 948. The van der Waals surface area contributed by atoms with Crippen LogP contribution in [0.4, 0.5) is 22.7 Å². The Balaban J connectivity index is 1.80. The van der Waals surface area contributed by atoms with E-state index in [1.54, 1.807) is 12.1 Å². The molecule has 7 nitrogen and oxygen atoms in total. The molecule has 0 radical (unpaired) electrons. The van der Waals surface area contributed by atoms with Gasteiger partial charge in [0.15, 0.2) is 0 Å². The Kier molecular flexibility index (Phi) is 7.15. The van der Waals surface area contributed by atoms with Gasteiger partial charge in [-0.1, -0.05) is 6.92 Å². The van der Waals surface area contributed by atoms with E-state index in [-0.39, 0.29) is 17.2 Å². The lowest BCUT2D eigenvalue weighted by Gasteiger charge is -2.31. The second-order valence-corrected chi connectivity index (χ2v) is 8.26. The fourth-order valence-electron chi connectivity index (χ4n) is 4.10. The summed E-state index contributed by atoms with van der Waals surface area (Å²) in [7, 11) is 0. The lowest BCUT2D eigenvalue weighted by molar-refractivity contribution is -0.384. The number of benzene rings is 2. The quantitative estimate of drug-likeness (QED) is 0.486. The molecule has 0 spiro atoms. The van der Waals surface area contributed by atoms with E-state index in [0.29, 0.717) is 17.3 Å². The SMILES string of the molecule is CCN(CC)c1ccc(NC(=O)c2ccc(N3CCC(C)CC3)c([N+](=O)[O-])c2)c(C)c1. The van der Waals surface area contributed by atoms with Crippen LogP contribution in [0.15, 0.2) is 36.4 Å². The number of carbonyl (C=O) groups is 1. The van der Waals surface area contributed by atoms with E-state index in [4.69, 9.17) is 0 Å². The van der Waals surface area contributed by atoms with Crippen LogP contribution in [0.1, 0.15) is 49.5 Å². The van der Waals surface area contributed by atoms with E-state index in [9.17, 15) is 14.9 Å². The number of anilines is 3. The molecule has 1 heterocycles. The minimum atomic E-state index is -0.395. The van der Waals surface area contributed by atoms with Gasteiger partial charge in [0.1, 0.15) is 5.69 Å². The number of hydrogen-bond acceptors (Lipinski definition) is 5. The van der Waals surface area contributed by atoms with Gasteiger partial charge in [-0.3, -0.25) is 14.9 Å². The van der Waals surface area contributed by atoms with E-state index in [1.165, 1.54) is 6.07 Å². The van der Waals surface area contributed by atoms with Crippen LogP contribution in [-0.2, 0) is 0 Å². The predicted molar refractivity (Wildman–Crippen MR) is 126 cm³/mol. The van der Waals surface area contributed by atoms with Crippen LogP contribution in [0.5, 0.6) is 0 Å². The highest BCUT2D eigenvalue weighted by Crippen LogP contribution is 2.33. The van der Waals surface area contributed by atoms with Gasteiger partial charge in [0.25, 0.3) is 11.6 Å². The van der Waals surface area contributed by atoms with Crippen molar-refractivity contribution in [2.45, 2.75) is 40.5 Å². The normalized spacial score (nSPS) is 14.4. The third kappa shape index (κ3) is 5.16. The number of amides is 1. The number of nitrogens with one attached hydrogen (secondary N) is 1. The van der Waals surface area contributed by atoms with E-state index in [2.05, 4.69) is 35.9 Å². The van der Waals surface area contributed by atoms with Crippen molar-refractivity contribution >= 4 is 28.7 Å². The number of aryl methyl sites for hydroxylation is 1. The zero-order chi connectivity index (χ0) is 22.5. The van der Waals surface area contributed by atoms with Crippen LogP contribution in [-0.4, -0.2) is 37.0 Å². The van der Waals surface area contributed by atoms with Crippen LogP contribution in [0, 0.1) is 23.0 Å². The van der Waals surface area contributed by atoms with Gasteiger partial charge in [0.2, 0.25) is 0 Å². The molecule has 3 rings (SSSR count). The number of rotatable bonds is 7. The molecule has 1 saturated heterocycles. The molecular weight excluding hydrogens is 392 g/mol. The highest BCUT2D eigenvalue weighted by atomic mass is 16.6. The predicted octanol–water partition coefficient (Wildman–Crippen LogP) is 5.24. The number of hydrogen-bond donors (Lipinski definition) is 1. The topological polar surface area (TPSA) is 78.7 Å². The highest BCUT2D eigenvalue weighted by Gasteiger charge is 2.25. The van der Waals surface area contributed by atoms with Gasteiger partial charge in [0.05, 0.1) is 4.92 Å². The van der Waals surface area contributed by atoms with Crippen LogP contribution >= 0.6 is 0 Å². The van der Waals surface area contributed by atoms with E-state index in [1.807, 2.05) is 25.1 Å². The van der Waals surface area contributed by atoms with Crippen molar-refractivity contribution in [1.82, 2.24) is 0 Å². The van der Waals surface area contributed by atoms with Gasteiger partial charge in [-0.2, -0.15) is 0 Å². The smallest absolute Gasteiger partial charge is 0.293 e. The van der Waals surface area contributed by atoms with Gasteiger partial charge in [-0.25, -0.2) is 0 Å². The van der Waals surface area contributed by atoms with Crippen molar-refractivity contribution in [2.75, 3.05) is 41.3 Å². The van der Waals surface area contributed by atoms with E-state index < -0.39 is 4.92 Å². The Labute approximate surface area is 184 Å². The van der Waals surface area contributed by atoms with Crippen molar-refractivity contribution < 1.29 is 9.72 Å². The van der Waals surface area contributed by atoms with Crippen molar-refractivity contribution in [1.29, 1.82) is 0 Å². The molecule has 2 aromatic carbocycles. The average molecular weight is 425 g/mol. The number of nitro benzene ring substituents is 1. The third-order valence-electron chi connectivity index (χ3n) is 6.15. The fourth-order valence-corrected chi connectivity index (χ4v) is 4.10. The van der Waals surface area contributed by atoms with Crippen molar-refractivity contribution in [3.8, 4) is 0 Å². The molecule has 0 aromatic heterocycles. The molecular formula is C24H32N4O3. The fraction of sp³-hybridized carbons (Fsp3) is 0.458. The molecule has 166 valence electrons. The van der Waals surface area contributed by atoms with Crippen molar-refractivity contribution in [3.63, 3.8) is 0 Å². The van der Waals surface area contributed by atoms with Gasteiger partial charge in [-0.15, -0.1) is 0 Å². The van der Waals surface area contributed by atoms with Crippen LogP contribution < -0.4 is 15.1 Å². The highest BCUT2D eigenvalue weighted by molar-refractivity contribution is 6.05. The van der Waals surface area contributed by atoms with Gasteiger partial charge in [-0.05, 0) is 75.4 Å². The largest absolute Gasteiger partial charge is 0.372 e. The minimum absolute atomic E-state index is 0.0178. The summed E-state index contributed by atoms with van der Waals surface area (Å²) in [5.74, 6) is 0.289. The first kappa shape index (κ1) is 22.6. The van der Waals surface area contributed by atoms with Gasteiger partial charge >= 0.3 is 0 Å². The molecule has 0 saturated carbocycles. The summed E-state index contributed by atoms with van der Waals surface area (Å²) in [5, 5.41) is 14.6. The molecule has 1 aliphatic rings. The molecule has 0 aliphatic carbocycles. The molecule has 31 heavy (non-hydrogen) atoms. The number of nitrogens with zero attached hydrogens (tertiary/aromatic N) is 3. The number of nitro groups is 1. The molecule has 1 aliphatic heterocycles. The zero-order valence-corrected chi connectivity index (χ0v) is 18.9. The molecule has 0 atom stereocenters.